The van der Waals surface area contributed by atoms with E-state index >= 15 is 0 Å². The molecule has 38 heavy (non-hydrogen) atoms. The van der Waals surface area contributed by atoms with E-state index in [0.717, 1.165) is 24.8 Å². The Kier molecular flexibility index (Phi) is 6.50. The van der Waals surface area contributed by atoms with Crippen LogP contribution in [0, 0.1) is 11.7 Å². The molecule has 2 aromatic carbocycles. The number of hydrogen-bond donors (Lipinski definition) is 3. The Morgan fingerprint density at radius 3 is 2.58 bits per heavy atom. The van der Waals surface area contributed by atoms with Crippen LogP contribution in [0.5, 0.6) is 0 Å². The fourth-order valence-electron chi connectivity index (χ4n) is 6.73. The minimum Gasteiger partial charge on any atom is -0.352 e. The summed E-state index contributed by atoms with van der Waals surface area (Å²) in [7, 11) is 0. The molecule has 2 saturated heterocycles. The molecule has 0 bridgehead atoms. The van der Waals surface area contributed by atoms with Crippen LogP contribution in [0.4, 0.5) is 9.18 Å². The number of benzene rings is 2. The van der Waals surface area contributed by atoms with Gasteiger partial charge in [-0.15, -0.1) is 11.8 Å². The molecule has 6 rings (SSSR count). The number of carbonyl (C=O) groups excluding carboxylic acids is 4. The van der Waals surface area contributed by atoms with Crippen molar-refractivity contribution in [1.29, 1.82) is 0 Å². The molecule has 3 N–H and O–H groups in total. The van der Waals surface area contributed by atoms with Crippen LogP contribution in [0.15, 0.2) is 42.5 Å². The molecular weight excluding hydrogens is 505 g/mol. The summed E-state index contributed by atoms with van der Waals surface area (Å²) >= 11 is 1.73. The molecule has 7 nitrogen and oxygen atoms in total. The van der Waals surface area contributed by atoms with E-state index in [1.54, 1.807) is 17.8 Å². The van der Waals surface area contributed by atoms with Crippen LogP contribution in [0.2, 0.25) is 0 Å². The molecule has 5 atom stereocenters. The first-order chi connectivity index (χ1) is 18.3. The van der Waals surface area contributed by atoms with Crippen LogP contribution in [0.25, 0.3) is 0 Å². The number of rotatable bonds is 5. The van der Waals surface area contributed by atoms with E-state index in [2.05, 4.69) is 16.0 Å². The van der Waals surface area contributed by atoms with Gasteiger partial charge in [0.15, 0.2) is 5.78 Å². The van der Waals surface area contributed by atoms with Gasteiger partial charge in [0.05, 0.1) is 5.75 Å². The molecule has 2 aromatic rings. The van der Waals surface area contributed by atoms with E-state index in [4.69, 9.17) is 0 Å². The molecule has 198 valence electrons. The van der Waals surface area contributed by atoms with Gasteiger partial charge in [-0.2, -0.15) is 0 Å². The van der Waals surface area contributed by atoms with Crippen molar-refractivity contribution in [2.75, 3.05) is 5.75 Å². The van der Waals surface area contributed by atoms with Crippen molar-refractivity contribution in [3.05, 3.63) is 70.5 Å². The van der Waals surface area contributed by atoms with Crippen LogP contribution in [-0.4, -0.2) is 40.7 Å². The number of hydrogen-bond acceptors (Lipinski definition) is 5. The molecule has 0 aromatic heterocycles. The highest BCUT2D eigenvalue weighted by Gasteiger charge is 2.48. The van der Waals surface area contributed by atoms with Crippen molar-refractivity contribution in [3.63, 3.8) is 0 Å². The lowest BCUT2D eigenvalue weighted by atomic mass is 9.76. The van der Waals surface area contributed by atoms with Crippen molar-refractivity contribution < 1.29 is 23.6 Å². The Balaban J connectivity index is 1.21. The Morgan fingerprint density at radius 2 is 1.82 bits per heavy atom. The molecule has 3 unspecified atom stereocenters. The van der Waals surface area contributed by atoms with E-state index in [1.165, 1.54) is 17.7 Å². The third-order valence-electron chi connectivity index (χ3n) is 8.63. The first kappa shape index (κ1) is 25.1. The monoisotopic (exact) mass is 535 g/mol. The fourth-order valence-corrected chi connectivity index (χ4v) is 8.12. The number of fused-ring (bicyclic) bond motifs is 2. The Bertz CT molecular complexity index is 1320. The second-order valence-electron chi connectivity index (χ2n) is 11.0. The van der Waals surface area contributed by atoms with Crippen LogP contribution in [0.1, 0.15) is 71.5 Å². The summed E-state index contributed by atoms with van der Waals surface area (Å²) in [5.41, 5.74) is 1.96. The number of thioether (sulfide) groups is 1. The minimum absolute atomic E-state index is 0.000351. The lowest BCUT2D eigenvalue weighted by Gasteiger charge is -2.41. The van der Waals surface area contributed by atoms with Gasteiger partial charge in [-0.3, -0.25) is 19.7 Å². The zero-order chi connectivity index (χ0) is 26.4. The van der Waals surface area contributed by atoms with Gasteiger partial charge in [-0.25, -0.2) is 9.18 Å². The lowest BCUT2D eigenvalue weighted by molar-refractivity contribution is -0.124. The molecule has 1 saturated carbocycles. The summed E-state index contributed by atoms with van der Waals surface area (Å²) < 4.78 is 13.6. The molecule has 4 amide bonds. The molecule has 2 aliphatic carbocycles. The molecule has 9 heteroatoms. The predicted molar refractivity (Wildman–Crippen MR) is 141 cm³/mol. The topological polar surface area (TPSA) is 104 Å². The molecule has 0 radical (unpaired) electrons. The molecule has 2 aliphatic heterocycles. The predicted octanol–water partition coefficient (Wildman–Crippen LogP) is 3.95. The summed E-state index contributed by atoms with van der Waals surface area (Å²) in [6.07, 6.45) is 4.93. The quantitative estimate of drug-likeness (QED) is 0.503. The van der Waals surface area contributed by atoms with E-state index in [0.29, 0.717) is 53.7 Å². The van der Waals surface area contributed by atoms with Crippen molar-refractivity contribution >= 4 is 35.4 Å². The molecule has 0 spiro atoms. The van der Waals surface area contributed by atoms with Gasteiger partial charge in [0, 0.05) is 23.3 Å². The van der Waals surface area contributed by atoms with E-state index in [-0.39, 0.29) is 29.6 Å². The van der Waals surface area contributed by atoms with Gasteiger partial charge in [0.2, 0.25) is 5.91 Å². The third-order valence-corrected chi connectivity index (χ3v) is 10.1. The van der Waals surface area contributed by atoms with Gasteiger partial charge in [0.25, 0.3) is 5.91 Å². The summed E-state index contributed by atoms with van der Waals surface area (Å²) in [6.45, 7) is 0. The van der Waals surface area contributed by atoms with Crippen LogP contribution < -0.4 is 16.0 Å². The first-order valence-electron chi connectivity index (χ1n) is 13.3. The van der Waals surface area contributed by atoms with Crippen molar-refractivity contribution in [3.8, 4) is 0 Å². The van der Waals surface area contributed by atoms with E-state index in [1.807, 2.05) is 24.3 Å². The Hall–Kier alpha value is -3.20. The van der Waals surface area contributed by atoms with Gasteiger partial charge in [-0.05, 0) is 72.8 Å². The second-order valence-corrected chi connectivity index (χ2v) is 12.1. The van der Waals surface area contributed by atoms with Crippen LogP contribution in [-0.2, 0) is 21.5 Å². The Labute approximate surface area is 224 Å². The van der Waals surface area contributed by atoms with Gasteiger partial charge >= 0.3 is 6.03 Å². The fraction of sp³-hybridized carbons (Fsp3) is 0.448. The van der Waals surface area contributed by atoms with E-state index < -0.39 is 17.4 Å². The number of nitrogens with one attached hydrogen (secondary N) is 3. The lowest BCUT2D eigenvalue weighted by Crippen LogP contribution is -2.51. The summed E-state index contributed by atoms with van der Waals surface area (Å²) in [6, 6.07) is 12.0. The third kappa shape index (κ3) is 4.51. The first-order valence-corrected chi connectivity index (χ1v) is 14.3. The molecule has 4 aliphatic rings. The number of ketones is 1. The number of urea groups is 1. The number of carbonyl (C=O) groups is 4. The number of halogens is 1. The maximum atomic E-state index is 13.6. The van der Waals surface area contributed by atoms with Gasteiger partial charge in [-0.1, -0.05) is 36.8 Å². The maximum Gasteiger partial charge on any atom is 0.322 e. The summed E-state index contributed by atoms with van der Waals surface area (Å²) in [5.74, 6) is 0.00831. The molecule has 3 fully saturated rings. The maximum absolute atomic E-state index is 13.6. The highest BCUT2D eigenvalue weighted by atomic mass is 32.2. The SMILES string of the molecule is O=C1CSC2C(CCC[C@@H]2c2ccc([C@@]3(CCC4CC(=O)c5cc(F)ccc5C4)NC(=O)NC3=O)cc2)N1. The van der Waals surface area contributed by atoms with Gasteiger partial charge in [0.1, 0.15) is 11.4 Å². The highest BCUT2D eigenvalue weighted by Crippen LogP contribution is 2.43. The highest BCUT2D eigenvalue weighted by molar-refractivity contribution is 8.00. The standard InChI is InChI=1S/C29H30FN3O4S/c30-20-9-6-18-12-16(13-24(34)22(18)14-20)10-11-29(27(36)32-28(37)33-29)19-7-4-17(5-8-19)21-2-1-3-23-26(21)38-15-25(35)31-23/h4-9,14,16,21,23,26H,1-3,10-13,15H2,(H,31,35)(H2,32,33,36,37)/t16?,21-,23?,26?,29-/m1/s1. The largest absolute Gasteiger partial charge is 0.352 e. The normalized spacial score (nSPS) is 30.7. The van der Waals surface area contributed by atoms with Crippen molar-refractivity contribution in [2.24, 2.45) is 5.92 Å². The average molecular weight is 536 g/mol. The number of Topliss-reactive ketones (excluding diaryl/α,β-unsaturated/α-hetero) is 1. The molecule has 2 heterocycles. The average Bonchev–Trinajstić information content (AvgIpc) is 3.21. The second kappa shape index (κ2) is 9.84. The van der Waals surface area contributed by atoms with Gasteiger partial charge < -0.3 is 10.6 Å². The Morgan fingerprint density at radius 1 is 1.00 bits per heavy atom. The zero-order valence-corrected chi connectivity index (χ0v) is 21.7. The summed E-state index contributed by atoms with van der Waals surface area (Å²) in [4.78, 5) is 50.0. The number of imide groups is 1. The smallest absolute Gasteiger partial charge is 0.322 e. The van der Waals surface area contributed by atoms with Crippen molar-refractivity contribution in [1.82, 2.24) is 16.0 Å². The minimum atomic E-state index is -1.20. The van der Waals surface area contributed by atoms with Crippen LogP contribution >= 0.6 is 11.8 Å². The summed E-state index contributed by atoms with van der Waals surface area (Å²) in [5, 5.41) is 8.75. The van der Waals surface area contributed by atoms with Crippen molar-refractivity contribution in [2.45, 2.75) is 67.7 Å². The van der Waals surface area contributed by atoms with Crippen LogP contribution in [0.3, 0.4) is 0 Å². The van der Waals surface area contributed by atoms with E-state index in [9.17, 15) is 23.6 Å². The zero-order valence-electron chi connectivity index (χ0n) is 20.9. The molecular formula is C29H30FN3O4S. The number of amides is 4.